The van der Waals surface area contributed by atoms with Crippen LogP contribution in [0.4, 0.5) is 14.5 Å². The highest BCUT2D eigenvalue weighted by Gasteiger charge is 2.32. The number of rotatable bonds is 6. The Kier molecular flexibility index (Phi) is 7.36. The minimum atomic E-state index is -3.91. The van der Waals surface area contributed by atoms with Gasteiger partial charge in [-0.2, -0.15) is 4.31 Å². The molecule has 0 saturated carbocycles. The quantitative estimate of drug-likeness (QED) is 0.646. The molecule has 0 spiro atoms. The van der Waals surface area contributed by atoms with Crippen molar-refractivity contribution in [2.45, 2.75) is 11.3 Å². The summed E-state index contributed by atoms with van der Waals surface area (Å²) in [5.74, 6) is -2.83. The van der Waals surface area contributed by atoms with Gasteiger partial charge in [-0.05, 0) is 36.5 Å². The number of anilines is 1. The number of halogens is 2. The molecule has 168 valence electrons. The first kappa shape index (κ1) is 23.3. The number of methoxy groups -OCH3 is 1. The van der Waals surface area contributed by atoms with Gasteiger partial charge in [0.25, 0.3) is 0 Å². The third kappa shape index (κ3) is 5.45. The van der Waals surface area contributed by atoms with E-state index >= 15 is 0 Å². The molecule has 2 heterocycles. The number of amides is 1. The first-order chi connectivity index (χ1) is 14.7. The monoisotopic (exact) mass is 473 g/mol. The summed E-state index contributed by atoms with van der Waals surface area (Å²) in [5, 5.41) is 3.91. The molecule has 1 fully saturated rings. The van der Waals surface area contributed by atoms with Crippen LogP contribution in [0.1, 0.15) is 16.1 Å². The van der Waals surface area contributed by atoms with Gasteiger partial charge in [0.1, 0.15) is 21.4 Å². The van der Waals surface area contributed by atoms with Crippen LogP contribution in [0.15, 0.2) is 34.5 Å². The van der Waals surface area contributed by atoms with E-state index in [4.69, 9.17) is 0 Å². The maximum atomic E-state index is 13.7. The molecule has 12 heteroatoms. The Hall–Kier alpha value is -2.41. The number of carbonyl (C=O) groups excluding carboxylic acids is 2. The third-order valence-corrected chi connectivity index (χ3v) is 7.70. The fraction of sp³-hybridized carbons (Fsp3) is 0.368. The normalized spacial score (nSPS) is 16.0. The molecule has 8 nitrogen and oxygen atoms in total. The minimum absolute atomic E-state index is 0.0179. The highest BCUT2D eigenvalue weighted by molar-refractivity contribution is 7.89. The fourth-order valence-electron chi connectivity index (χ4n) is 3.21. The Morgan fingerprint density at radius 3 is 2.65 bits per heavy atom. The summed E-state index contributed by atoms with van der Waals surface area (Å²) in [6, 6.07) is 4.23. The number of thiophene rings is 1. The number of hydrogen-bond acceptors (Lipinski definition) is 7. The lowest BCUT2D eigenvalue weighted by molar-refractivity contribution is -0.117. The number of sulfonamides is 1. The average Bonchev–Trinajstić information content (AvgIpc) is 3.11. The first-order valence-electron chi connectivity index (χ1n) is 9.35. The van der Waals surface area contributed by atoms with E-state index in [-0.39, 0.29) is 41.6 Å². The van der Waals surface area contributed by atoms with Gasteiger partial charge < -0.3 is 10.1 Å². The second-order valence-electron chi connectivity index (χ2n) is 6.81. The molecule has 0 aliphatic carbocycles. The molecule has 0 atom stereocenters. The molecule has 0 radical (unpaired) electrons. The summed E-state index contributed by atoms with van der Waals surface area (Å²) >= 11 is 0.992. The zero-order valence-corrected chi connectivity index (χ0v) is 18.3. The molecule has 1 aromatic carbocycles. The van der Waals surface area contributed by atoms with Crippen molar-refractivity contribution in [1.82, 2.24) is 9.21 Å². The summed E-state index contributed by atoms with van der Waals surface area (Å²) < 4.78 is 58.7. The number of hydrogen-bond donors (Lipinski definition) is 1. The van der Waals surface area contributed by atoms with Crippen molar-refractivity contribution in [3.63, 3.8) is 0 Å². The van der Waals surface area contributed by atoms with Gasteiger partial charge in [-0.25, -0.2) is 22.0 Å². The van der Waals surface area contributed by atoms with Gasteiger partial charge in [-0.3, -0.25) is 9.69 Å². The molecular formula is C19H21F2N3O5S2. The van der Waals surface area contributed by atoms with Crippen LogP contribution in [0.25, 0.3) is 0 Å². The van der Waals surface area contributed by atoms with E-state index in [1.807, 2.05) is 0 Å². The molecule has 0 unspecified atom stereocenters. The van der Waals surface area contributed by atoms with Crippen molar-refractivity contribution in [1.29, 1.82) is 0 Å². The Bertz CT molecular complexity index is 1070. The number of carbonyl (C=O) groups is 2. The first-order valence-corrected chi connectivity index (χ1v) is 11.7. The van der Waals surface area contributed by atoms with Crippen molar-refractivity contribution in [3.8, 4) is 0 Å². The minimum Gasteiger partial charge on any atom is -0.465 e. The van der Waals surface area contributed by atoms with Gasteiger partial charge >= 0.3 is 5.97 Å². The smallest absolute Gasteiger partial charge is 0.349 e. The van der Waals surface area contributed by atoms with Crippen molar-refractivity contribution < 1.29 is 31.5 Å². The largest absolute Gasteiger partial charge is 0.465 e. The van der Waals surface area contributed by atoms with E-state index < -0.39 is 33.5 Å². The maximum absolute atomic E-state index is 13.7. The second kappa shape index (κ2) is 9.81. The summed E-state index contributed by atoms with van der Waals surface area (Å²) in [7, 11) is -2.72. The Balaban J connectivity index is 1.63. The SMILES string of the molecule is COC(=O)c1sccc1S(=O)(=O)N1CCCN(CC(=O)Nc2ccc(F)cc2F)CC1. The lowest BCUT2D eigenvalue weighted by Crippen LogP contribution is -2.38. The number of benzene rings is 1. The molecule has 2 aromatic rings. The van der Waals surface area contributed by atoms with Crippen LogP contribution in [0.3, 0.4) is 0 Å². The van der Waals surface area contributed by atoms with Crippen molar-refractivity contribution in [2.75, 3.05) is 45.2 Å². The van der Waals surface area contributed by atoms with Crippen LogP contribution < -0.4 is 5.32 Å². The van der Waals surface area contributed by atoms with E-state index in [0.29, 0.717) is 19.0 Å². The van der Waals surface area contributed by atoms with E-state index in [9.17, 15) is 26.8 Å². The number of nitrogens with zero attached hydrogens (tertiary/aromatic N) is 2. The Morgan fingerprint density at radius 1 is 1.16 bits per heavy atom. The fourth-order valence-corrected chi connectivity index (χ4v) is 5.99. The molecule has 0 bridgehead atoms. The van der Waals surface area contributed by atoms with Crippen molar-refractivity contribution in [2.24, 2.45) is 0 Å². The maximum Gasteiger partial charge on any atom is 0.349 e. The lowest BCUT2D eigenvalue weighted by atomic mass is 10.3. The standard InChI is InChI=1S/C19H21F2N3O5S2/c1-29-19(26)18-16(5-10-30-18)31(27,28)24-7-2-6-23(8-9-24)12-17(25)22-15-4-3-13(20)11-14(15)21/h3-5,10-11H,2,6-9,12H2,1H3,(H,22,25). The molecule has 1 aromatic heterocycles. The highest BCUT2D eigenvalue weighted by Crippen LogP contribution is 2.26. The topological polar surface area (TPSA) is 96.0 Å². The highest BCUT2D eigenvalue weighted by atomic mass is 32.2. The molecule has 1 aliphatic rings. The number of ether oxygens (including phenoxy) is 1. The number of nitrogens with one attached hydrogen (secondary N) is 1. The van der Waals surface area contributed by atoms with Crippen LogP contribution in [0, 0.1) is 11.6 Å². The predicted octanol–water partition coefficient (Wildman–Crippen LogP) is 2.15. The van der Waals surface area contributed by atoms with E-state index in [1.165, 1.54) is 22.9 Å². The van der Waals surface area contributed by atoms with Gasteiger partial charge in [0.15, 0.2) is 0 Å². The molecule has 1 saturated heterocycles. The molecule has 1 aliphatic heterocycles. The average molecular weight is 474 g/mol. The summed E-state index contributed by atoms with van der Waals surface area (Å²) in [5.41, 5.74) is -0.127. The van der Waals surface area contributed by atoms with Gasteiger partial charge in [0.2, 0.25) is 15.9 Å². The van der Waals surface area contributed by atoms with Crippen LogP contribution in [-0.4, -0.2) is 69.3 Å². The van der Waals surface area contributed by atoms with Crippen molar-refractivity contribution >= 4 is 38.9 Å². The second-order valence-corrected chi connectivity index (χ2v) is 9.63. The molecule has 1 N–H and O–H groups in total. The summed E-state index contributed by atoms with van der Waals surface area (Å²) in [6.45, 7) is 1.01. The molecule has 1 amide bonds. The van der Waals surface area contributed by atoms with Gasteiger partial charge in [-0.15, -0.1) is 11.3 Å². The van der Waals surface area contributed by atoms with E-state index in [1.54, 1.807) is 4.90 Å². The Morgan fingerprint density at radius 2 is 1.94 bits per heavy atom. The molecular weight excluding hydrogens is 452 g/mol. The summed E-state index contributed by atoms with van der Waals surface area (Å²) in [6.07, 6.45) is 0.467. The Labute approximate surface area is 182 Å². The number of esters is 1. The molecule has 3 rings (SSSR count). The van der Waals surface area contributed by atoms with Crippen LogP contribution in [-0.2, 0) is 19.6 Å². The van der Waals surface area contributed by atoms with Crippen LogP contribution in [0.2, 0.25) is 0 Å². The van der Waals surface area contributed by atoms with E-state index in [2.05, 4.69) is 10.1 Å². The van der Waals surface area contributed by atoms with Crippen LogP contribution in [0.5, 0.6) is 0 Å². The van der Waals surface area contributed by atoms with Crippen LogP contribution >= 0.6 is 11.3 Å². The molecule has 31 heavy (non-hydrogen) atoms. The van der Waals surface area contributed by atoms with Gasteiger partial charge in [0.05, 0.1) is 19.3 Å². The van der Waals surface area contributed by atoms with Gasteiger partial charge in [0, 0.05) is 25.7 Å². The van der Waals surface area contributed by atoms with Crippen molar-refractivity contribution in [3.05, 3.63) is 46.2 Å². The predicted molar refractivity (Wildman–Crippen MR) is 110 cm³/mol. The summed E-state index contributed by atoms with van der Waals surface area (Å²) in [4.78, 5) is 25.8. The zero-order chi connectivity index (χ0) is 22.6. The lowest BCUT2D eigenvalue weighted by Gasteiger charge is -2.21. The van der Waals surface area contributed by atoms with Gasteiger partial charge in [-0.1, -0.05) is 0 Å². The zero-order valence-electron chi connectivity index (χ0n) is 16.6. The third-order valence-electron chi connectivity index (χ3n) is 4.74. The van der Waals surface area contributed by atoms with E-state index in [0.717, 1.165) is 23.5 Å².